The Kier molecular flexibility index (Phi) is 3.93. The Bertz CT molecular complexity index is 581. The number of rotatable bonds is 3. The van der Waals surface area contributed by atoms with Crippen LogP contribution in [0.15, 0.2) is 10.6 Å². The van der Waals surface area contributed by atoms with E-state index < -0.39 is 0 Å². The summed E-state index contributed by atoms with van der Waals surface area (Å²) in [5.74, 6) is 0.709. The Morgan fingerprint density at radius 3 is 2.82 bits per heavy atom. The lowest BCUT2D eigenvalue weighted by Crippen LogP contribution is -2.38. The van der Waals surface area contributed by atoms with Crippen LogP contribution in [0.4, 0.5) is 0 Å². The van der Waals surface area contributed by atoms with E-state index in [-0.39, 0.29) is 29.8 Å². The lowest BCUT2D eigenvalue weighted by Gasteiger charge is -2.26. The van der Waals surface area contributed by atoms with Crippen molar-refractivity contribution in [3.8, 4) is 0 Å². The Labute approximate surface area is 130 Å². The second kappa shape index (κ2) is 5.74. The summed E-state index contributed by atoms with van der Waals surface area (Å²) in [7, 11) is 0. The highest BCUT2D eigenvalue weighted by Gasteiger charge is 2.41. The van der Waals surface area contributed by atoms with Crippen LogP contribution in [0.25, 0.3) is 0 Å². The van der Waals surface area contributed by atoms with Crippen molar-refractivity contribution in [1.82, 2.24) is 15.0 Å². The molecule has 1 aromatic heterocycles. The summed E-state index contributed by atoms with van der Waals surface area (Å²) in [6.45, 7) is 7.11. The number of carbonyl (C=O) groups excluding carboxylic acids is 2. The number of carbonyl (C=O) groups is 2. The van der Waals surface area contributed by atoms with Crippen LogP contribution in [-0.4, -0.2) is 45.9 Å². The lowest BCUT2D eigenvalue weighted by atomic mass is 10.1. The van der Waals surface area contributed by atoms with Crippen molar-refractivity contribution in [3.63, 3.8) is 0 Å². The van der Waals surface area contributed by atoms with Crippen molar-refractivity contribution in [2.45, 2.75) is 52.1 Å². The van der Waals surface area contributed by atoms with Gasteiger partial charge >= 0.3 is 0 Å². The molecule has 22 heavy (non-hydrogen) atoms. The third-order valence-corrected chi connectivity index (χ3v) is 4.65. The van der Waals surface area contributed by atoms with Gasteiger partial charge in [0.2, 0.25) is 11.8 Å². The van der Waals surface area contributed by atoms with E-state index in [0.29, 0.717) is 13.0 Å². The van der Waals surface area contributed by atoms with Gasteiger partial charge in [-0.1, -0.05) is 5.16 Å². The van der Waals surface area contributed by atoms with Crippen LogP contribution in [0.2, 0.25) is 0 Å². The Morgan fingerprint density at radius 2 is 2.23 bits per heavy atom. The molecule has 2 fully saturated rings. The topological polar surface area (TPSA) is 66.7 Å². The van der Waals surface area contributed by atoms with Crippen LogP contribution in [0.1, 0.15) is 50.6 Å². The van der Waals surface area contributed by atoms with Crippen molar-refractivity contribution in [2.75, 3.05) is 13.1 Å². The van der Waals surface area contributed by atoms with Gasteiger partial charge in [-0.3, -0.25) is 9.59 Å². The average molecular weight is 305 g/mol. The molecular weight excluding hydrogens is 282 g/mol. The van der Waals surface area contributed by atoms with Gasteiger partial charge in [0.15, 0.2) is 0 Å². The fourth-order valence-electron chi connectivity index (χ4n) is 3.51. The first-order valence-electron chi connectivity index (χ1n) is 8.00. The lowest BCUT2D eigenvalue weighted by molar-refractivity contribution is -0.136. The molecule has 120 valence electrons. The number of amides is 2. The molecule has 3 heterocycles. The molecule has 2 unspecified atom stereocenters. The second-order valence-electron chi connectivity index (χ2n) is 6.59. The molecule has 6 nitrogen and oxygen atoms in total. The molecule has 2 aliphatic heterocycles. The van der Waals surface area contributed by atoms with E-state index in [1.54, 1.807) is 4.90 Å². The molecule has 3 rings (SSSR count). The molecule has 2 amide bonds. The summed E-state index contributed by atoms with van der Waals surface area (Å²) in [5, 5.41) is 4.07. The third-order valence-electron chi connectivity index (χ3n) is 4.65. The quantitative estimate of drug-likeness (QED) is 0.855. The first-order valence-corrected chi connectivity index (χ1v) is 8.00. The summed E-state index contributed by atoms with van der Waals surface area (Å²) in [5.41, 5.74) is 0.827. The van der Waals surface area contributed by atoms with Gasteiger partial charge in [-0.15, -0.1) is 0 Å². The van der Waals surface area contributed by atoms with E-state index in [9.17, 15) is 9.59 Å². The zero-order chi connectivity index (χ0) is 15.9. The predicted octanol–water partition coefficient (Wildman–Crippen LogP) is 1.90. The Balaban J connectivity index is 1.73. The molecule has 0 spiro atoms. The summed E-state index contributed by atoms with van der Waals surface area (Å²) < 4.78 is 5.15. The van der Waals surface area contributed by atoms with Crippen molar-refractivity contribution < 1.29 is 14.1 Å². The highest BCUT2D eigenvalue weighted by molar-refractivity contribution is 5.89. The largest absolute Gasteiger partial charge is 0.361 e. The normalized spacial score (nSPS) is 25.5. The van der Waals surface area contributed by atoms with Crippen molar-refractivity contribution >= 4 is 11.8 Å². The number of nitrogens with zero attached hydrogens (tertiary/aromatic N) is 3. The monoisotopic (exact) mass is 305 g/mol. The number of aryl methyl sites for hydroxylation is 1. The third kappa shape index (κ3) is 2.62. The van der Waals surface area contributed by atoms with Crippen LogP contribution in [0.5, 0.6) is 0 Å². The number of aromatic nitrogens is 1. The molecular formula is C16H23N3O3. The van der Waals surface area contributed by atoms with Gasteiger partial charge in [0, 0.05) is 31.6 Å². The molecule has 0 aromatic carbocycles. The Morgan fingerprint density at radius 1 is 1.45 bits per heavy atom. The van der Waals surface area contributed by atoms with E-state index in [4.69, 9.17) is 4.52 Å². The van der Waals surface area contributed by atoms with Gasteiger partial charge in [0.05, 0.1) is 12.0 Å². The van der Waals surface area contributed by atoms with Crippen molar-refractivity contribution in [3.05, 3.63) is 17.5 Å². The highest BCUT2D eigenvalue weighted by atomic mass is 16.5. The van der Waals surface area contributed by atoms with Crippen LogP contribution in [0, 0.1) is 12.8 Å². The van der Waals surface area contributed by atoms with Crippen LogP contribution >= 0.6 is 0 Å². The minimum Gasteiger partial charge on any atom is -0.361 e. The maximum atomic E-state index is 12.8. The van der Waals surface area contributed by atoms with Crippen molar-refractivity contribution in [2.24, 2.45) is 5.92 Å². The van der Waals surface area contributed by atoms with Gasteiger partial charge in [-0.05, 0) is 33.6 Å². The van der Waals surface area contributed by atoms with E-state index in [1.807, 2.05) is 31.7 Å². The average Bonchev–Trinajstić information content (AvgIpc) is 3.16. The fraction of sp³-hybridized carbons (Fsp3) is 0.688. The van der Waals surface area contributed by atoms with E-state index in [0.717, 1.165) is 30.8 Å². The minimum absolute atomic E-state index is 0.00634. The molecule has 0 aliphatic carbocycles. The molecule has 2 aliphatic rings. The van der Waals surface area contributed by atoms with Crippen LogP contribution < -0.4 is 0 Å². The summed E-state index contributed by atoms with van der Waals surface area (Å²) >= 11 is 0. The SMILES string of the molecule is Cc1cc(C2CCCN2C(=O)C2CC(=O)N(C(C)C)C2)no1. The van der Waals surface area contributed by atoms with E-state index in [1.165, 1.54) is 0 Å². The second-order valence-corrected chi connectivity index (χ2v) is 6.59. The van der Waals surface area contributed by atoms with Gasteiger partial charge in [0.1, 0.15) is 11.5 Å². The molecule has 6 heteroatoms. The predicted molar refractivity (Wildman–Crippen MR) is 79.9 cm³/mol. The molecule has 0 saturated carbocycles. The number of likely N-dealkylation sites (tertiary alicyclic amines) is 2. The van der Waals surface area contributed by atoms with E-state index >= 15 is 0 Å². The molecule has 2 saturated heterocycles. The molecule has 0 N–H and O–H groups in total. The smallest absolute Gasteiger partial charge is 0.228 e. The van der Waals surface area contributed by atoms with Crippen LogP contribution in [0.3, 0.4) is 0 Å². The van der Waals surface area contributed by atoms with Gasteiger partial charge in [-0.25, -0.2) is 0 Å². The maximum Gasteiger partial charge on any atom is 0.228 e. The Hall–Kier alpha value is -1.85. The number of hydrogen-bond donors (Lipinski definition) is 0. The highest BCUT2D eigenvalue weighted by Crippen LogP contribution is 2.34. The first-order chi connectivity index (χ1) is 10.5. The summed E-state index contributed by atoms with van der Waals surface area (Å²) in [6, 6.07) is 2.04. The molecule has 1 aromatic rings. The van der Waals surface area contributed by atoms with Gasteiger partial charge < -0.3 is 14.3 Å². The van der Waals surface area contributed by atoms with Gasteiger partial charge in [0.25, 0.3) is 0 Å². The summed E-state index contributed by atoms with van der Waals surface area (Å²) in [6.07, 6.45) is 2.21. The zero-order valence-corrected chi connectivity index (χ0v) is 13.4. The summed E-state index contributed by atoms with van der Waals surface area (Å²) in [4.78, 5) is 28.6. The molecule has 0 radical (unpaired) electrons. The van der Waals surface area contributed by atoms with Gasteiger partial charge in [-0.2, -0.15) is 0 Å². The van der Waals surface area contributed by atoms with Crippen molar-refractivity contribution in [1.29, 1.82) is 0 Å². The molecule has 2 atom stereocenters. The fourth-order valence-corrected chi connectivity index (χ4v) is 3.51. The maximum absolute atomic E-state index is 12.8. The standard InChI is InChI=1S/C16H23N3O3/c1-10(2)19-9-12(8-15(19)20)16(21)18-6-4-5-14(18)13-7-11(3)22-17-13/h7,10,12,14H,4-6,8-9H2,1-3H3. The van der Waals surface area contributed by atoms with Crippen LogP contribution in [-0.2, 0) is 9.59 Å². The minimum atomic E-state index is -0.219. The molecule has 0 bridgehead atoms. The first kappa shape index (κ1) is 15.1. The van der Waals surface area contributed by atoms with E-state index in [2.05, 4.69) is 5.16 Å². The zero-order valence-electron chi connectivity index (χ0n) is 13.4. The number of hydrogen-bond acceptors (Lipinski definition) is 4.